The van der Waals surface area contributed by atoms with Crippen molar-refractivity contribution >= 4 is 56.4 Å². The second-order valence-corrected chi connectivity index (χ2v) is 8.93. The Hall–Kier alpha value is -1.47. The molecule has 0 bridgehead atoms. The Labute approximate surface area is 168 Å². The first-order valence-corrected chi connectivity index (χ1v) is 10.5. The molecule has 0 saturated heterocycles. The monoisotopic (exact) mass is 434 g/mol. The molecule has 0 aromatic heterocycles. The fourth-order valence-corrected chi connectivity index (χ4v) is 3.67. The average Bonchev–Trinajstić information content (AvgIpc) is 2.56. The van der Waals surface area contributed by atoms with Crippen LogP contribution in [-0.4, -0.2) is 39.1 Å². The van der Waals surface area contributed by atoms with Crippen LogP contribution in [0.1, 0.15) is 5.56 Å². The number of carbonyl (C=O) groups is 1. The van der Waals surface area contributed by atoms with E-state index >= 15 is 0 Å². The summed E-state index contributed by atoms with van der Waals surface area (Å²) in [5.41, 5.74) is 1.03. The fourth-order valence-electron chi connectivity index (χ4n) is 2.25. The quantitative estimate of drug-likeness (QED) is 0.687. The number of halogens is 3. The molecule has 0 N–H and O–H groups in total. The van der Waals surface area contributed by atoms with Gasteiger partial charge < -0.3 is 4.90 Å². The van der Waals surface area contributed by atoms with Gasteiger partial charge in [0.2, 0.25) is 15.9 Å². The molecule has 0 unspecified atom stereocenters. The molecule has 0 saturated carbocycles. The van der Waals surface area contributed by atoms with E-state index in [0.29, 0.717) is 16.6 Å². The van der Waals surface area contributed by atoms with Crippen molar-refractivity contribution in [2.45, 2.75) is 6.54 Å². The van der Waals surface area contributed by atoms with Crippen LogP contribution in [0.2, 0.25) is 15.1 Å². The maximum atomic E-state index is 12.6. The molecular formula is C17H17Cl3N2O3S. The summed E-state index contributed by atoms with van der Waals surface area (Å²) in [5.74, 6) is -0.388. The maximum absolute atomic E-state index is 12.6. The van der Waals surface area contributed by atoms with Gasteiger partial charge in [0.15, 0.2) is 0 Å². The van der Waals surface area contributed by atoms with E-state index in [9.17, 15) is 13.2 Å². The highest BCUT2D eigenvalue weighted by atomic mass is 35.5. The number of carbonyl (C=O) groups excluding carboxylic acids is 1. The molecule has 0 atom stereocenters. The van der Waals surface area contributed by atoms with Crippen molar-refractivity contribution in [2.24, 2.45) is 0 Å². The van der Waals surface area contributed by atoms with E-state index in [0.717, 1.165) is 16.1 Å². The minimum absolute atomic E-state index is 0.162. The molecule has 1 amide bonds. The van der Waals surface area contributed by atoms with Crippen LogP contribution in [0.15, 0.2) is 42.5 Å². The Morgan fingerprint density at radius 1 is 1.00 bits per heavy atom. The molecule has 5 nitrogen and oxygen atoms in total. The second-order valence-electron chi connectivity index (χ2n) is 5.74. The molecule has 0 fully saturated rings. The Morgan fingerprint density at radius 2 is 1.58 bits per heavy atom. The van der Waals surface area contributed by atoms with Crippen LogP contribution in [0, 0.1) is 0 Å². The van der Waals surface area contributed by atoms with E-state index in [1.165, 1.54) is 17.0 Å². The van der Waals surface area contributed by atoms with Crippen molar-refractivity contribution < 1.29 is 13.2 Å². The standard InChI is InChI=1S/C17H17Cl3N2O3S/c1-21(10-12-3-5-13(18)6-4-12)17(23)11-22(26(2,24)25)16-9-14(19)7-8-15(16)20/h3-9H,10-11H2,1-2H3. The fraction of sp³-hybridized carbons (Fsp3) is 0.235. The molecule has 0 radical (unpaired) electrons. The maximum Gasteiger partial charge on any atom is 0.243 e. The number of amides is 1. The third kappa shape index (κ3) is 5.51. The van der Waals surface area contributed by atoms with Gasteiger partial charge in [0.1, 0.15) is 6.54 Å². The molecule has 2 aromatic rings. The highest BCUT2D eigenvalue weighted by molar-refractivity contribution is 7.92. The Balaban J connectivity index is 2.21. The molecule has 2 rings (SSSR count). The van der Waals surface area contributed by atoms with Gasteiger partial charge in [-0.3, -0.25) is 9.10 Å². The number of likely N-dealkylation sites (N-methyl/N-ethyl adjacent to an activating group) is 1. The number of sulfonamides is 1. The third-order valence-corrected chi connectivity index (χ3v) is 5.55. The topological polar surface area (TPSA) is 57.7 Å². The predicted molar refractivity (Wildman–Crippen MR) is 107 cm³/mol. The summed E-state index contributed by atoms with van der Waals surface area (Å²) >= 11 is 17.9. The summed E-state index contributed by atoms with van der Waals surface area (Å²) in [5, 5.41) is 1.11. The van der Waals surface area contributed by atoms with E-state index < -0.39 is 10.0 Å². The van der Waals surface area contributed by atoms with Crippen LogP contribution in [0.25, 0.3) is 0 Å². The molecule has 9 heteroatoms. The molecule has 0 aliphatic heterocycles. The lowest BCUT2D eigenvalue weighted by atomic mass is 10.2. The van der Waals surface area contributed by atoms with Crippen LogP contribution < -0.4 is 4.31 Å². The summed E-state index contributed by atoms with van der Waals surface area (Å²) in [6, 6.07) is 11.5. The van der Waals surface area contributed by atoms with Gasteiger partial charge in [-0.2, -0.15) is 0 Å². The van der Waals surface area contributed by atoms with Crippen LogP contribution in [0.5, 0.6) is 0 Å². The average molecular weight is 436 g/mol. The lowest BCUT2D eigenvalue weighted by molar-refractivity contribution is -0.128. The van der Waals surface area contributed by atoms with E-state index in [-0.39, 0.29) is 23.2 Å². The Kier molecular flexibility index (Phi) is 6.80. The lowest BCUT2D eigenvalue weighted by Crippen LogP contribution is -2.41. The van der Waals surface area contributed by atoms with E-state index in [1.807, 2.05) is 0 Å². The van der Waals surface area contributed by atoms with Crippen LogP contribution in [0.4, 0.5) is 5.69 Å². The zero-order valence-corrected chi connectivity index (χ0v) is 17.2. The Morgan fingerprint density at radius 3 is 2.15 bits per heavy atom. The number of benzene rings is 2. The van der Waals surface area contributed by atoms with Crippen molar-refractivity contribution in [1.82, 2.24) is 4.90 Å². The smallest absolute Gasteiger partial charge is 0.243 e. The first kappa shape index (κ1) is 20.8. The number of hydrogen-bond acceptors (Lipinski definition) is 3. The Bertz CT molecular complexity index is 902. The van der Waals surface area contributed by atoms with Crippen molar-refractivity contribution in [3.05, 3.63) is 63.1 Å². The summed E-state index contributed by atoms with van der Waals surface area (Å²) < 4.78 is 25.3. The number of hydrogen-bond donors (Lipinski definition) is 0. The second kappa shape index (κ2) is 8.48. The molecule has 0 aliphatic carbocycles. The van der Waals surface area contributed by atoms with Gasteiger partial charge in [-0.15, -0.1) is 0 Å². The summed E-state index contributed by atoms with van der Waals surface area (Å²) in [6.07, 6.45) is 1.01. The van der Waals surface area contributed by atoms with Crippen LogP contribution in [-0.2, 0) is 21.4 Å². The molecule has 0 spiro atoms. The summed E-state index contributed by atoms with van der Waals surface area (Å²) in [6.45, 7) is -0.0696. The number of rotatable bonds is 6. The van der Waals surface area contributed by atoms with Gasteiger partial charge in [-0.05, 0) is 35.9 Å². The molecule has 2 aromatic carbocycles. The van der Waals surface area contributed by atoms with E-state index in [4.69, 9.17) is 34.8 Å². The van der Waals surface area contributed by atoms with Gasteiger partial charge in [0.05, 0.1) is 17.0 Å². The predicted octanol–water partition coefficient (Wildman–Crippen LogP) is 4.07. The van der Waals surface area contributed by atoms with E-state index in [2.05, 4.69) is 0 Å². The van der Waals surface area contributed by atoms with Crippen LogP contribution >= 0.6 is 34.8 Å². The molecule has 26 heavy (non-hydrogen) atoms. The van der Waals surface area contributed by atoms with Crippen LogP contribution in [0.3, 0.4) is 0 Å². The highest BCUT2D eigenvalue weighted by Crippen LogP contribution is 2.30. The van der Waals surface area contributed by atoms with Gasteiger partial charge in [-0.1, -0.05) is 46.9 Å². The van der Waals surface area contributed by atoms with Crippen molar-refractivity contribution in [1.29, 1.82) is 0 Å². The molecule has 0 heterocycles. The number of nitrogens with zero attached hydrogens (tertiary/aromatic N) is 2. The summed E-state index contributed by atoms with van der Waals surface area (Å²) in [7, 11) is -2.14. The van der Waals surface area contributed by atoms with Gasteiger partial charge in [-0.25, -0.2) is 8.42 Å². The lowest BCUT2D eigenvalue weighted by Gasteiger charge is -2.26. The van der Waals surface area contributed by atoms with Crippen molar-refractivity contribution in [2.75, 3.05) is 24.2 Å². The zero-order valence-electron chi connectivity index (χ0n) is 14.1. The zero-order chi connectivity index (χ0) is 19.5. The highest BCUT2D eigenvalue weighted by Gasteiger charge is 2.25. The SMILES string of the molecule is CN(Cc1ccc(Cl)cc1)C(=O)CN(c1cc(Cl)ccc1Cl)S(C)(=O)=O. The molecule has 0 aliphatic rings. The van der Waals surface area contributed by atoms with Gasteiger partial charge in [0.25, 0.3) is 0 Å². The third-order valence-electron chi connectivity index (χ3n) is 3.61. The van der Waals surface area contributed by atoms with Gasteiger partial charge >= 0.3 is 0 Å². The van der Waals surface area contributed by atoms with Gasteiger partial charge in [0, 0.05) is 23.6 Å². The van der Waals surface area contributed by atoms with Crippen molar-refractivity contribution in [3.8, 4) is 0 Å². The molecular weight excluding hydrogens is 419 g/mol. The number of anilines is 1. The normalized spacial score (nSPS) is 11.3. The summed E-state index contributed by atoms with van der Waals surface area (Å²) in [4.78, 5) is 14.0. The first-order valence-electron chi connectivity index (χ1n) is 7.49. The minimum atomic E-state index is -3.74. The largest absolute Gasteiger partial charge is 0.340 e. The minimum Gasteiger partial charge on any atom is -0.340 e. The first-order chi connectivity index (χ1) is 12.1. The van der Waals surface area contributed by atoms with E-state index in [1.54, 1.807) is 37.4 Å². The van der Waals surface area contributed by atoms with Crippen molar-refractivity contribution in [3.63, 3.8) is 0 Å². The molecule has 140 valence electrons.